The number of ether oxygens (including phenoxy) is 2. The predicted molar refractivity (Wildman–Crippen MR) is 158 cm³/mol. The number of amides is 2. The van der Waals surface area contributed by atoms with Crippen molar-refractivity contribution in [1.29, 1.82) is 0 Å². The molecule has 1 aromatic carbocycles. The minimum Gasteiger partial charge on any atom is -0.465 e. The second kappa shape index (κ2) is 12.1. The molecule has 7 atom stereocenters. The number of hydrogen-bond donors (Lipinski definition) is 1. The van der Waals surface area contributed by atoms with E-state index in [-0.39, 0.29) is 37.5 Å². The van der Waals surface area contributed by atoms with Crippen LogP contribution >= 0.6 is 0 Å². The van der Waals surface area contributed by atoms with E-state index in [0.29, 0.717) is 19.3 Å². The van der Waals surface area contributed by atoms with Crippen LogP contribution in [-0.4, -0.2) is 70.8 Å². The Hall–Kier alpha value is -2.97. The minimum atomic E-state index is -1.21. The summed E-state index contributed by atoms with van der Waals surface area (Å²) < 4.78 is 12.6. The summed E-state index contributed by atoms with van der Waals surface area (Å²) in [6.07, 6.45) is 6.79. The van der Waals surface area contributed by atoms with E-state index in [9.17, 15) is 19.5 Å². The number of allylic oxidation sites excluding steroid dienone is 1. The number of anilines is 1. The molecular formula is C33H46N2O6. The molecule has 1 spiro atoms. The van der Waals surface area contributed by atoms with Gasteiger partial charge in [0.15, 0.2) is 0 Å². The minimum absolute atomic E-state index is 0.0946. The molecule has 3 fully saturated rings. The fourth-order valence-corrected chi connectivity index (χ4v) is 7.37. The van der Waals surface area contributed by atoms with Gasteiger partial charge in [-0.2, -0.15) is 0 Å². The van der Waals surface area contributed by atoms with E-state index in [1.165, 1.54) is 4.90 Å². The molecule has 41 heavy (non-hydrogen) atoms. The molecule has 3 saturated heterocycles. The molecular weight excluding hydrogens is 520 g/mol. The zero-order chi connectivity index (χ0) is 30.1. The van der Waals surface area contributed by atoms with Gasteiger partial charge in [0.2, 0.25) is 5.91 Å². The summed E-state index contributed by atoms with van der Waals surface area (Å²) in [7, 11) is 0. The first kappa shape index (κ1) is 31.0. The highest BCUT2D eigenvalue weighted by atomic mass is 16.6. The van der Waals surface area contributed by atoms with Crippen molar-refractivity contribution in [3.8, 4) is 0 Å². The van der Waals surface area contributed by atoms with Crippen molar-refractivity contribution in [1.82, 2.24) is 4.90 Å². The SMILES string of the molecule is C=CCCCCOC(=O)[C@H]1[C@H]2C(=O)N([C@@H](CC)CO)C(C(=O)N(CC=C)c3cc(C)ccc3C)C23CC(C)[C@]1(C)O3. The number of nitrogens with zero attached hydrogens (tertiary/aromatic N) is 2. The first-order valence-electron chi connectivity index (χ1n) is 14.9. The van der Waals surface area contributed by atoms with E-state index in [2.05, 4.69) is 13.2 Å². The second-order valence-electron chi connectivity index (χ2n) is 12.2. The summed E-state index contributed by atoms with van der Waals surface area (Å²) >= 11 is 0. The lowest BCUT2D eigenvalue weighted by atomic mass is 9.62. The van der Waals surface area contributed by atoms with Gasteiger partial charge < -0.3 is 24.4 Å². The van der Waals surface area contributed by atoms with Crippen molar-refractivity contribution >= 4 is 23.5 Å². The molecule has 4 rings (SSSR count). The molecule has 8 heteroatoms. The fraction of sp³-hybridized carbons (Fsp3) is 0.606. The fourth-order valence-electron chi connectivity index (χ4n) is 7.37. The van der Waals surface area contributed by atoms with Crippen LogP contribution in [0.1, 0.15) is 64.0 Å². The molecule has 2 amide bonds. The number of aliphatic hydroxyl groups excluding tert-OH is 1. The van der Waals surface area contributed by atoms with Gasteiger partial charge in [-0.1, -0.05) is 38.1 Å². The summed E-state index contributed by atoms with van der Waals surface area (Å²) in [6.45, 7) is 17.5. The number of rotatable bonds is 13. The second-order valence-corrected chi connectivity index (χ2v) is 12.2. The monoisotopic (exact) mass is 566 g/mol. The van der Waals surface area contributed by atoms with Gasteiger partial charge in [0.25, 0.3) is 5.91 Å². The van der Waals surface area contributed by atoms with Crippen LogP contribution in [-0.2, 0) is 23.9 Å². The third kappa shape index (κ3) is 5.03. The number of carbonyl (C=O) groups is 3. The Kier molecular flexibility index (Phi) is 9.14. The van der Waals surface area contributed by atoms with Crippen molar-refractivity contribution in [3.63, 3.8) is 0 Å². The number of aliphatic hydroxyl groups is 1. The average molecular weight is 567 g/mol. The molecule has 1 N–H and O–H groups in total. The molecule has 0 aromatic heterocycles. The Morgan fingerprint density at radius 2 is 2.00 bits per heavy atom. The number of likely N-dealkylation sites (tertiary alicyclic amines) is 1. The van der Waals surface area contributed by atoms with Gasteiger partial charge >= 0.3 is 5.97 Å². The lowest BCUT2D eigenvalue weighted by Crippen LogP contribution is -2.59. The van der Waals surface area contributed by atoms with Crippen molar-refractivity contribution in [2.45, 2.75) is 90.0 Å². The van der Waals surface area contributed by atoms with E-state index in [1.54, 1.807) is 11.0 Å². The van der Waals surface area contributed by atoms with Gasteiger partial charge in [-0.3, -0.25) is 14.4 Å². The maximum atomic E-state index is 14.8. The first-order chi connectivity index (χ1) is 19.5. The molecule has 3 unspecified atom stereocenters. The Labute approximate surface area is 244 Å². The van der Waals surface area contributed by atoms with Crippen molar-refractivity contribution in [2.24, 2.45) is 17.8 Å². The Morgan fingerprint density at radius 3 is 2.63 bits per heavy atom. The molecule has 0 aliphatic carbocycles. The smallest absolute Gasteiger partial charge is 0.312 e. The van der Waals surface area contributed by atoms with E-state index in [4.69, 9.17) is 9.47 Å². The maximum Gasteiger partial charge on any atom is 0.312 e. The van der Waals surface area contributed by atoms with Gasteiger partial charge in [0.05, 0.1) is 30.8 Å². The lowest BCUT2D eigenvalue weighted by Gasteiger charge is -2.39. The van der Waals surface area contributed by atoms with Gasteiger partial charge in [-0.15, -0.1) is 13.2 Å². The van der Waals surface area contributed by atoms with E-state index in [1.807, 2.05) is 58.9 Å². The van der Waals surface area contributed by atoms with Gasteiger partial charge in [-0.05, 0) is 76.0 Å². The van der Waals surface area contributed by atoms with Crippen molar-refractivity contribution < 1.29 is 29.0 Å². The van der Waals surface area contributed by atoms with Crippen molar-refractivity contribution in [2.75, 3.05) is 24.7 Å². The topological polar surface area (TPSA) is 96.4 Å². The maximum absolute atomic E-state index is 14.8. The number of aryl methyl sites for hydroxylation is 2. The number of benzene rings is 1. The highest BCUT2D eigenvalue weighted by Gasteiger charge is 2.80. The van der Waals surface area contributed by atoms with Crippen LogP contribution in [0, 0.1) is 31.6 Å². The lowest BCUT2D eigenvalue weighted by molar-refractivity contribution is -0.162. The van der Waals surface area contributed by atoms with Gasteiger partial charge in [-0.25, -0.2) is 0 Å². The highest BCUT2D eigenvalue weighted by molar-refractivity contribution is 6.05. The zero-order valence-corrected chi connectivity index (χ0v) is 25.2. The number of unbranched alkanes of at least 4 members (excludes halogenated alkanes) is 2. The molecule has 0 saturated carbocycles. The Balaban J connectivity index is 1.79. The van der Waals surface area contributed by atoms with Crippen LogP contribution in [0.25, 0.3) is 0 Å². The summed E-state index contributed by atoms with van der Waals surface area (Å²) in [6, 6.07) is 4.32. The number of esters is 1. The summed E-state index contributed by atoms with van der Waals surface area (Å²) in [5.41, 5.74) is 0.488. The van der Waals surface area contributed by atoms with Crippen LogP contribution in [0.4, 0.5) is 5.69 Å². The zero-order valence-electron chi connectivity index (χ0n) is 25.2. The molecule has 3 aliphatic heterocycles. The molecule has 2 bridgehead atoms. The normalized spacial score (nSPS) is 30.7. The summed E-state index contributed by atoms with van der Waals surface area (Å²) in [4.78, 5) is 46.0. The third-order valence-corrected chi connectivity index (χ3v) is 9.60. The van der Waals surface area contributed by atoms with Crippen LogP contribution < -0.4 is 4.90 Å². The Morgan fingerprint density at radius 1 is 1.27 bits per heavy atom. The Bertz CT molecular complexity index is 1190. The molecule has 8 nitrogen and oxygen atoms in total. The van der Waals surface area contributed by atoms with Gasteiger partial charge in [0.1, 0.15) is 17.6 Å². The highest BCUT2D eigenvalue weighted by Crippen LogP contribution is 2.65. The molecule has 224 valence electrons. The molecule has 0 radical (unpaired) electrons. The summed E-state index contributed by atoms with van der Waals surface area (Å²) in [5, 5.41) is 10.4. The van der Waals surface area contributed by atoms with E-state index < -0.39 is 41.1 Å². The number of fused-ring (bicyclic) bond motifs is 1. The van der Waals surface area contributed by atoms with E-state index >= 15 is 0 Å². The van der Waals surface area contributed by atoms with Crippen LogP contribution in [0.3, 0.4) is 0 Å². The quantitative estimate of drug-likeness (QED) is 0.215. The third-order valence-electron chi connectivity index (χ3n) is 9.60. The molecule has 1 aromatic rings. The van der Waals surface area contributed by atoms with E-state index in [0.717, 1.165) is 29.7 Å². The van der Waals surface area contributed by atoms with Gasteiger partial charge in [0, 0.05) is 12.2 Å². The molecule has 3 heterocycles. The van der Waals surface area contributed by atoms with Crippen LogP contribution in [0.5, 0.6) is 0 Å². The average Bonchev–Trinajstić information content (AvgIpc) is 3.46. The first-order valence-corrected chi connectivity index (χ1v) is 14.9. The van der Waals surface area contributed by atoms with Crippen LogP contribution in [0.2, 0.25) is 0 Å². The van der Waals surface area contributed by atoms with Crippen molar-refractivity contribution in [3.05, 3.63) is 54.6 Å². The largest absolute Gasteiger partial charge is 0.465 e. The standard InChI is InChI=1S/C33H46N2O6/c1-8-11-12-13-17-40-31(39)27-26-29(37)35(24(10-3)20-36)28(33(26)19-23(6)32(27,7)41-33)30(38)34(16-9-2)25-18-21(4)14-15-22(25)5/h8-9,14-15,18,23-24,26-28,36H,1-2,10-13,16-17,19-20H2,3-7H3/t23?,24-,26-,27+,28?,32-,33?/m0/s1. The molecule has 3 aliphatic rings. The summed E-state index contributed by atoms with van der Waals surface area (Å²) in [5.74, 6) is -2.89. The number of hydrogen-bond acceptors (Lipinski definition) is 6. The predicted octanol–water partition coefficient (Wildman–Crippen LogP) is 4.50. The van der Waals surface area contributed by atoms with Crippen LogP contribution in [0.15, 0.2) is 43.5 Å². The number of carbonyl (C=O) groups excluding carboxylic acids is 3.